The Kier molecular flexibility index (Phi) is 5.70. The van der Waals surface area contributed by atoms with Crippen molar-refractivity contribution in [2.24, 2.45) is 5.92 Å². The van der Waals surface area contributed by atoms with Crippen LogP contribution in [0, 0.1) is 5.92 Å². The Morgan fingerprint density at radius 1 is 1.56 bits per heavy atom. The van der Waals surface area contributed by atoms with Gasteiger partial charge in [0.1, 0.15) is 11.9 Å². The highest BCUT2D eigenvalue weighted by Crippen LogP contribution is 2.41. The van der Waals surface area contributed by atoms with Crippen LogP contribution in [0.5, 0.6) is 0 Å². The standard InChI is InChI=1S/C14H19F2N3O6/c1-7(2)6-24-13(23)18-9-3-4-19(12(22)17-9)11-14(15,16)10(21)8(5-20)25-11/h3-4,7-8,10-11,20-21H,5-6H2,1-2H3,(H,17,18,22,23)/t8-,10-,11-/m1/s1. The molecular weight excluding hydrogens is 344 g/mol. The second-order valence-corrected chi connectivity index (χ2v) is 5.95. The number of nitrogens with zero attached hydrogens (tertiary/aromatic N) is 2. The van der Waals surface area contributed by atoms with Crippen molar-refractivity contribution in [2.75, 3.05) is 18.5 Å². The molecule has 1 saturated heterocycles. The van der Waals surface area contributed by atoms with E-state index >= 15 is 0 Å². The van der Waals surface area contributed by atoms with Crippen molar-refractivity contribution < 1.29 is 33.3 Å². The molecule has 3 N–H and O–H groups in total. The van der Waals surface area contributed by atoms with Crippen molar-refractivity contribution >= 4 is 11.9 Å². The Balaban J connectivity index is 2.15. The van der Waals surface area contributed by atoms with Crippen LogP contribution in [0.2, 0.25) is 0 Å². The normalized spacial score (nSPS) is 25.2. The molecule has 0 aromatic carbocycles. The van der Waals surface area contributed by atoms with Gasteiger partial charge < -0.3 is 19.7 Å². The maximum absolute atomic E-state index is 14.0. The Labute approximate surface area is 141 Å². The quantitative estimate of drug-likeness (QED) is 0.689. The number of anilines is 1. The third-order valence-electron chi connectivity index (χ3n) is 3.42. The molecule has 0 unspecified atom stereocenters. The molecule has 0 spiro atoms. The second kappa shape index (κ2) is 7.42. The average molecular weight is 363 g/mol. The summed E-state index contributed by atoms with van der Waals surface area (Å²) in [6.45, 7) is 2.99. The van der Waals surface area contributed by atoms with E-state index < -0.39 is 42.7 Å². The maximum atomic E-state index is 14.0. The van der Waals surface area contributed by atoms with Crippen LogP contribution in [0.15, 0.2) is 17.1 Å². The van der Waals surface area contributed by atoms with E-state index in [-0.39, 0.29) is 18.3 Å². The molecule has 1 aromatic rings. The number of aliphatic hydroxyl groups excluding tert-OH is 2. The van der Waals surface area contributed by atoms with Crippen molar-refractivity contribution in [1.29, 1.82) is 0 Å². The summed E-state index contributed by atoms with van der Waals surface area (Å²) in [6.07, 6.45) is -5.81. The van der Waals surface area contributed by atoms with Crippen molar-refractivity contribution in [2.45, 2.75) is 38.2 Å². The van der Waals surface area contributed by atoms with E-state index in [1.807, 2.05) is 13.8 Å². The fraction of sp³-hybridized carbons (Fsp3) is 0.643. The lowest BCUT2D eigenvalue weighted by molar-refractivity contribution is -0.140. The minimum absolute atomic E-state index is 0.111. The molecule has 0 bridgehead atoms. The van der Waals surface area contributed by atoms with Crippen molar-refractivity contribution in [3.63, 3.8) is 0 Å². The molecule has 2 heterocycles. The SMILES string of the molecule is CC(C)COC(=O)Nc1ccn([C@@H]2O[C@H](CO)[C@@H](O)C2(F)F)c(=O)n1. The molecule has 1 amide bonds. The Morgan fingerprint density at radius 2 is 2.24 bits per heavy atom. The maximum Gasteiger partial charge on any atom is 0.412 e. The third kappa shape index (κ3) is 4.11. The fourth-order valence-electron chi connectivity index (χ4n) is 2.16. The summed E-state index contributed by atoms with van der Waals surface area (Å²) in [5, 5.41) is 20.6. The molecular formula is C14H19F2N3O6. The molecule has 1 aliphatic rings. The van der Waals surface area contributed by atoms with Gasteiger partial charge in [0.15, 0.2) is 6.10 Å². The minimum Gasteiger partial charge on any atom is -0.449 e. The van der Waals surface area contributed by atoms with Gasteiger partial charge in [-0.25, -0.2) is 9.59 Å². The van der Waals surface area contributed by atoms with E-state index in [1.165, 1.54) is 0 Å². The fourth-order valence-corrected chi connectivity index (χ4v) is 2.16. The van der Waals surface area contributed by atoms with Gasteiger partial charge in [-0.3, -0.25) is 9.88 Å². The average Bonchev–Trinajstić information content (AvgIpc) is 2.76. The molecule has 3 atom stereocenters. The molecule has 1 fully saturated rings. The third-order valence-corrected chi connectivity index (χ3v) is 3.42. The number of carbonyl (C=O) groups is 1. The number of alkyl halides is 2. The number of rotatable bonds is 5. The molecule has 11 heteroatoms. The van der Waals surface area contributed by atoms with E-state index in [9.17, 15) is 23.5 Å². The lowest BCUT2D eigenvalue weighted by Gasteiger charge is -2.21. The van der Waals surface area contributed by atoms with Gasteiger partial charge in [0.05, 0.1) is 13.2 Å². The molecule has 9 nitrogen and oxygen atoms in total. The zero-order chi connectivity index (χ0) is 18.8. The molecule has 0 radical (unpaired) electrons. The van der Waals surface area contributed by atoms with Crippen LogP contribution in [-0.2, 0) is 9.47 Å². The molecule has 1 aliphatic heterocycles. The summed E-state index contributed by atoms with van der Waals surface area (Å²) in [6, 6.07) is 1.11. The smallest absolute Gasteiger partial charge is 0.412 e. The van der Waals surface area contributed by atoms with E-state index in [0.717, 1.165) is 12.3 Å². The first-order valence-corrected chi connectivity index (χ1v) is 7.52. The van der Waals surface area contributed by atoms with Gasteiger partial charge in [0.25, 0.3) is 0 Å². The van der Waals surface area contributed by atoms with E-state index in [1.54, 1.807) is 0 Å². The van der Waals surface area contributed by atoms with E-state index in [2.05, 4.69) is 10.3 Å². The zero-order valence-electron chi connectivity index (χ0n) is 13.6. The molecule has 2 rings (SSSR count). The largest absolute Gasteiger partial charge is 0.449 e. The van der Waals surface area contributed by atoms with Crippen LogP contribution < -0.4 is 11.0 Å². The van der Waals surface area contributed by atoms with E-state index in [0.29, 0.717) is 4.57 Å². The zero-order valence-corrected chi connectivity index (χ0v) is 13.6. The van der Waals surface area contributed by atoms with Crippen LogP contribution in [0.3, 0.4) is 0 Å². The molecule has 0 saturated carbocycles. The van der Waals surface area contributed by atoms with Gasteiger partial charge in [-0.2, -0.15) is 13.8 Å². The first-order valence-electron chi connectivity index (χ1n) is 7.52. The molecule has 140 valence electrons. The van der Waals surface area contributed by atoms with Gasteiger partial charge in [-0.1, -0.05) is 13.8 Å². The minimum atomic E-state index is -3.80. The number of carbonyl (C=O) groups excluding carboxylic acids is 1. The highest BCUT2D eigenvalue weighted by atomic mass is 19.3. The van der Waals surface area contributed by atoms with Gasteiger partial charge in [0, 0.05) is 6.20 Å². The number of hydrogen-bond acceptors (Lipinski definition) is 7. The van der Waals surface area contributed by atoms with Crippen LogP contribution >= 0.6 is 0 Å². The Morgan fingerprint density at radius 3 is 2.76 bits per heavy atom. The number of ether oxygens (including phenoxy) is 2. The summed E-state index contributed by atoms with van der Waals surface area (Å²) < 4.78 is 38.2. The van der Waals surface area contributed by atoms with Gasteiger partial charge >= 0.3 is 17.7 Å². The molecule has 0 aliphatic carbocycles. The molecule has 1 aromatic heterocycles. The second-order valence-electron chi connectivity index (χ2n) is 5.95. The van der Waals surface area contributed by atoms with Gasteiger partial charge in [-0.05, 0) is 12.0 Å². The summed E-state index contributed by atoms with van der Waals surface area (Å²) in [7, 11) is 0. The van der Waals surface area contributed by atoms with Crippen molar-refractivity contribution in [3.05, 3.63) is 22.7 Å². The summed E-state index contributed by atoms with van der Waals surface area (Å²) in [5.41, 5.74) is -1.13. The lowest BCUT2D eigenvalue weighted by atomic mass is 10.1. The van der Waals surface area contributed by atoms with Crippen molar-refractivity contribution in [1.82, 2.24) is 9.55 Å². The number of amides is 1. The van der Waals surface area contributed by atoms with Crippen LogP contribution in [0.25, 0.3) is 0 Å². The Hall–Kier alpha value is -2.11. The summed E-state index contributed by atoms with van der Waals surface area (Å²) >= 11 is 0. The van der Waals surface area contributed by atoms with E-state index in [4.69, 9.17) is 14.6 Å². The number of aromatic nitrogens is 2. The predicted molar refractivity (Wildman–Crippen MR) is 80.3 cm³/mol. The number of hydrogen-bond donors (Lipinski definition) is 3. The van der Waals surface area contributed by atoms with Crippen LogP contribution in [0.4, 0.5) is 19.4 Å². The van der Waals surface area contributed by atoms with Crippen molar-refractivity contribution in [3.8, 4) is 0 Å². The Bertz CT molecular complexity index is 681. The topological polar surface area (TPSA) is 123 Å². The highest BCUT2D eigenvalue weighted by Gasteiger charge is 2.59. The summed E-state index contributed by atoms with van der Waals surface area (Å²) in [5.74, 6) is -3.88. The lowest BCUT2D eigenvalue weighted by Crippen LogP contribution is -2.41. The monoisotopic (exact) mass is 363 g/mol. The number of nitrogens with one attached hydrogen (secondary N) is 1. The molecule has 25 heavy (non-hydrogen) atoms. The number of halogens is 2. The first-order chi connectivity index (χ1) is 11.7. The first kappa shape index (κ1) is 19.2. The van der Waals surface area contributed by atoms with Gasteiger partial charge in [-0.15, -0.1) is 0 Å². The highest BCUT2D eigenvalue weighted by molar-refractivity contribution is 5.83. The van der Waals surface area contributed by atoms with Crippen LogP contribution in [0.1, 0.15) is 20.1 Å². The van der Waals surface area contributed by atoms with Crippen LogP contribution in [-0.4, -0.2) is 57.2 Å². The number of aliphatic hydroxyl groups is 2. The summed E-state index contributed by atoms with van der Waals surface area (Å²) in [4.78, 5) is 26.9. The van der Waals surface area contributed by atoms with Gasteiger partial charge in [0.2, 0.25) is 6.23 Å². The predicted octanol–water partition coefficient (Wildman–Crippen LogP) is 0.334.